The van der Waals surface area contributed by atoms with Crippen LogP contribution >= 0.6 is 23.2 Å². The molecule has 3 nitrogen and oxygen atoms in total. The molecule has 1 heterocycles. The van der Waals surface area contributed by atoms with E-state index in [2.05, 4.69) is 16.3 Å². The summed E-state index contributed by atoms with van der Waals surface area (Å²) in [7, 11) is 0. The summed E-state index contributed by atoms with van der Waals surface area (Å²) in [5.74, 6) is 1.16. The van der Waals surface area contributed by atoms with Crippen LogP contribution in [0.4, 0.5) is 0 Å². The van der Waals surface area contributed by atoms with Gasteiger partial charge in [-0.3, -0.25) is 0 Å². The maximum Gasteiger partial charge on any atom is 0.194 e. The molecule has 0 aliphatic heterocycles. The third kappa shape index (κ3) is 2.74. The lowest BCUT2D eigenvalue weighted by Gasteiger charge is -2.12. The van der Waals surface area contributed by atoms with Gasteiger partial charge in [-0.15, -0.1) is 10.2 Å². The summed E-state index contributed by atoms with van der Waals surface area (Å²) in [6, 6.07) is 5.60. The van der Waals surface area contributed by atoms with Crippen LogP contribution in [0, 0.1) is 20.8 Å². The fourth-order valence-corrected chi connectivity index (χ4v) is 1.90. The molecule has 0 spiro atoms. The van der Waals surface area contributed by atoms with E-state index in [0.29, 0.717) is 5.75 Å². The van der Waals surface area contributed by atoms with Gasteiger partial charge in [0, 0.05) is 6.07 Å². The minimum absolute atomic E-state index is 0.193. The number of aromatic nitrogens is 2. The van der Waals surface area contributed by atoms with Gasteiger partial charge >= 0.3 is 0 Å². The molecule has 0 fully saturated rings. The Labute approximate surface area is 116 Å². The van der Waals surface area contributed by atoms with E-state index in [0.717, 1.165) is 22.4 Å². The van der Waals surface area contributed by atoms with E-state index in [1.54, 1.807) is 6.07 Å². The smallest absolute Gasteiger partial charge is 0.194 e. The number of hydrogen-bond donors (Lipinski definition) is 0. The van der Waals surface area contributed by atoms with Crippen LogP contribution in [0.2, 0.25) is 10.3 Å². The molecule has 0 unspecified atom stereocenters. The molecule has 1 aromatic carbocycles. The standard InChI is InChI=1S/C13H12Cl2N2O/c1-7-4-8(2)9(3)10(5-7)18-11-6-12(14)16-17-13(11)15/h4-6H,1-3H3. The molecule has 0 saturated carbocycles. The lowest BCUT2D eigenvalue weighted by atomic mass is 10.1. The molecule has 18 heavy (non-hydrogen) atoms. The highest BCUT2D eigenvalue weighted by Gasteiger charge is 2.10. The Morgan fingerprint density at radius 3 is 2.39 bits per heavy atom. The number of hydrogen-bond acceptors (Lipinski definition) is 3. The first-order valence-electron chi connectivity index (χ1n) is 5.42. The van der Waals surface area contributed by atoms with Crippen LogP contribution in [0.5, 0.6) is 11.5 Å². The summed E-state index contributed by atoms with van der Waals surface area (Å²) in [5.41, 5.74) is 3.34. The molecule has 0 amide bonds. The first-order valence-corrected chi connectivity index (χ1v) is 6.17. The van der Waals surface area contributed by atoms with Gasteiger partial charge in [0.1, 0.15) is 5.75 Å². The van der Waals surface area contributed by atoms with Crippen LogP contribution in [0.15, 0.2) is 18.2 Å². The Kier molecular flexibility index (Phi) is 3.73. The number of halogens is 2. The van der Waals surface area contributed by atoms with Gasteiger partial charge in [0.15, 0.2) is 16.1 Å². The second-order valence-corrected chi connectivity index (χ2v) is 4.87. The topological polar surface area (TPSA) is 35.0 Å². The highest BCUT2D eigenvalue weighted by molar-refractivity contribution is 6.32. The predicted octanol–water partition coefficient (Wildman–Crippen LogP) is 4.50. The van der Waals surface area contributed by atoms with Gasteiger partial charge in [-0.2, -0.15) is 0 Å². The van der Waals surface area contributed by atoms with Crippen molar-refractivity contribution in [3.8, 4) is 11.5 Å². The van der Waals surface area contributed by atoms with Crippen molar-refractivity contribution in [1.82, 2.24) is 10.2 Å². The molecule has 2 aromatic rings. The summed E-state index contributed by atoms with van der Waals surface area (Å²) in [6.45, 7) is 6.04. The average Bonchev–Trinajstić information content (AvgIpc) is 2.30. The Morgan fingerprint density at radius 1 is 0.944 bits per heavy atom. The van der Waals surface area contributed by atoms with E-state index >= 15 is 0 Å². The Hall–Kier alpha value is -1.32. The van der Waals surface area contributed by atoms with E-state index in [9.17, 15) is 0 Å². The summed E-state index contributed by atoms with van der Waals surface area (Å²) in [6.07, 6.45) is 0. The highest BCUT2D eigenvalue weighted by atomic mass is 35.5. The van der Waals surface area contributed by atoms with Crippen molar-refractivity contribution in [3.05, 3.63) is 45.2 Å². The fourth-order valence-electron chi connectivity index (χ4n) is 1.63. The van der Waals surface area contributed by atoms with E-state index in [1.165, 1.54) is 0 Å². The van der Waals surface area contributed by atoms with E-state index < -0.39 is 0 Å². The SMILES string of the molecule is Cc1cc(C)c(C)c(Oc2cc(Cl)nnc2Cl)c1. The third-order valence-electron chi connectivity index (χ3n) is 2.67. The van der Waals surface area contributed by atoms with Crippen LogP contribution in [0.1, 0.15) is 16.7 Å². The first-order chi connectivity index (χ1) is 8.47. The lowest BCUT2D eigenvalue weighted by Crippen LogP contribution is -1.94. The van der Waals surface area contributed by atoms with Crippen LogP contribution < -0.4 is 4.74 Å². The monoisotopic (exact) mass is 282 g/mol. The van der Waals surface area contributed by atoms with E-state index in [-0.39, 0.29) is 10.3 Å². The highest BCUT2D eigenvalue weighted by Crippen LogP contribution is 2.32. The molecule has 2 rings (SSSR count). The summed E-state index contributed by atoms with van der Waals surface area (Å²) in [5, 5.41) is 7.79. The van der Waals surface area contributed by atoms with Crippen LogP contribution in [-0.4, -0.2) is 10.2 Å². The van der Waals surface area contributed by atoms with Crippen molar-refractivity contribution in [2.45, 2.75) is 20.8 Å². The maximum absolute atomic E-state index is 5.92. The van der Waals surface area contributed by atoms with Crippen LogP contribution in [-0.2, 0) is 0 Å². The van der Waals surface area contributed by atoms with Gasteiger partial charge in [0.2, 0.25) is 0 Å². The zero-order valence-corrected chi connectivity index (χ0v) is 11.8. The maximum atomic E-state index is 5.92. The van der Waals surface area contributed by atoms with Crippen molar-refractivity contribution in [1.29, 1.82) is 0 Å². The van der Waals surface area contributed by atoms with Gasteiger partial charge in [-0.05, 0) is 43.5 Å². The second kappa shape index (κ2) is 5.12. The van der Waals surface area contributed by atoms with Crippen molar-refractivity contribution in [2.24, 2.45) is 0 Å². The van der Waals surface area contributed by atoms with Crippen molar-refractivity contribution < 1.29 is 4.74 Å². The van der Waals surface area contributed by atoms with Gasteiger partial charge in [-0.25, -0.2) is 0 Å². The number of nitrogens with zero attached hydrogens (tertiary/aromatic N) is 2. The normalized spacial score (nSPS) is 10.5. The fraction of sp³-hybridized carbons (Fsp3) is 0.231. The van der Waals surface area contributed by atoms with Gasteiger partial charge in [0.05, 0.1) is 0 Å². The zero-order valence-electron chi connectivity index (χ0n) is 10.3. The molecular formula is C13H12Cl2N2O. The van der Waals surface area contributed by atoms with Crippen LogP contribution in [0.25, 0.3) is 0 Å². The van der Waals surface area contributed by atoms with E-state index in [4.69, 9.17) is 27.9 Å². The summed E-state index contributed by atoms with van der Waals surface area (Å²) >= 11 is 11.7. The first kappa shape index (κ1) is 13.1. The number of ether oxygens (including phenoxy) is 1. The number of rotatable bonds is 2. The molecule has 94 valence electrons. The van der Waals surface area contributed by atoms with Crippen molar-refractivity contribution in [3.63, 3.8) is 0 Å². The largest absolute Gasteiger partial charge is 0.454 e. The molecule has 1 aromatic heterocycles. The molecule has 0 N–H and O–H groups in total. The second-order valence-electron chi connectivity index (χ2n) is 4.13. The van der Waals surface area contributed by atoms with Gasteiger partial charge in [-0.1, -0.05) is 29.3 Å². The molecule has 0 aliphatic rings. The summed E-state index contributed by atoms with van der Waals surface area (Å²) < 4.78 is 5.76. The van der Waals surface area contributed by atoms with Gasteiger partial charge < -0.3 is 4.74 Å². The molecule has 0 radical (unpaired) electrons. The minimum atomic E-state index is 0.193. The Morgan fingerprint density at radius 2 is 1.67 bits per heavy atom. The van der Waals surface area contributed by atoms with Crippen LogP contribution in [0.3, 0.4) is 0 Å². The molecule has 0 saturated heterocycles. The Bertz CT molecular complexity index is 600. The lowest BCUT2D eigenvalue weighted by molar-refractivity contribution is 0.474. The average molecular weight is 283 g/mol. The predicted molar refractivity (Wildman–Crippen MR) is 72.8 cm³/mol. The van der Waals surface area contributed by atoms with E-state index in [1.807, 2.05) is 26.8 Å². The summed E-state index contributed by atoms with van der Waals surface area (Å²) in [4.78, 5) is 0. The number of benzene rings is 1. The minimum Gasteiger partial charge on any atom is -0.454 e. The molecule has 0 aliphatic carbocycles. The Balaban J connectivity index is 2.43. The van der Waals surface area contributed by atoms with Crippen molar-refractivity contribution >= 4 is 23.2 Å². The zero-order chi connectivity index (χ0) is 13.3. The third-order valence-corrected chi connectivity index (χ3v) is 3.12. The molecule has 5 heteroatoms. The molecule has 0 atom stereocenters. The quantitative estimate of drug-likeness (QED) is 0.813. The molecule has 0 bridgehead atoms. The molecular weight excluding hydrogens is 271 g/mol. The number of aryl methyl sites for hydroxylation is 2. The van der Waals surface area contributed by atoms with Crippen molar-refractivity contribution in [2.75, 3.05) is 0 Å². The van der Waals surface area contributed by atoms with Gasteiger partial charge in [0.25, 0.3) is 0 Å².